The molecule has 2 aromatic carbocycles. The Hall–Kier alpha value is -2.23. The van der Waals surface area contributed by atoms with Crippen molar-refractivity contribution in [1.29, 1.82) is 0 Å². The van der Waals surface area contributed by atoms with E-state index in [9.17, 15) is 13.6 Å². The number of halogens is 2. The fraction of sp³-hybridized carbons (Fsp3) is 0.0714. The van der Waals surface area contributed by atoms with Gasteiger partial charge in [0.25, 0.3) is 0 Å². The van der Waals surface area contributed by atoms with E-state index in [1.807, 2.05) is 0 Å². The van der Waals surface area contributed by atoms with Crippen molar-refractivity contribution >= 4 is 5.97 Å². The smallest absolute Gasteiger partial charge is 0.338 e. The topological polar surface area (TPSA) is 37.3 Å². The molecule has 0 spiro atoms. The van der Waals surface area contributed by atoms with E-state index in [1.54, 1.807) is 13.0 Å². The second kappa shape index (κ2) is 4.56. The molecule has 0 aliphatic carbocycles. The lowest BCUT2D eigenvalue weighted by atomic mass is 10.0. The Balaban J connectivity index is 2.52. The second-order valence-corrected chi connectivity index (χ2v) is 4.02. The zero-order valence-corrected chi connectivity index (χ0v) is 9.58. The number of carboxylic acids is 1. The van der Waals surface area contributed by atoms with E-state index >= 15 is 0 Å². The van der Waals surface area contributed by atoms with E-state index in [4.69, 9.17) is 5.11 Å². The van der Waals surface area contributed by atoms with Crippen LogP contribution in [-0.2, 0) is 0 Å². The van der Waals surface area contributed by atoms with Gasteiger partial charge >= 0.3 is 5.97 Å². The largest absolute Gasteiger partial charge is 0.478 e. The molecular weight excluding hydrogens is 238 g/mol. The third-order valence-electron chi connectivity index (χ3n) is 2.57. The highest BCUT2D eigenvalue weighted by atomic mass is 19.1. The molecule has 0 unspecified atom stereocenters. The Bertz CT molecular complexity index is 601. The predicted molar refractivity (Wildman–Crippen MR) is 63.5 cm³/mol. The monoisotopic (exact) mass is 248 g/mol. The maximum absolute atomic E-state index is 13.5. The van der Waals surface area contributed by atoms with E-state index in [2.05, 4.69) is 0 Å². The molecule has 0 atom stereocenters. The zero-order valence-electron chi connectivity index (χ0n) is 9.58. The minimum atomic E-state index is -1.32. The highest BCUT2D eigenvalue weighted by Crippen LogP contribution is 2.24. The minimum absolute atomic E-state index is 0.396. The molecule has 0 saturated carbocycles. The lowest BCUT2D eigenvalue weighted by molar-refractivity contribution is 0.0692. The average Bonchev–Trinajstić information content (AvgIpc) is 2.26. The molecule has 0 bridgehead atoms. The highest BCUT2D eigenvalue weighted by molar-refractivity contribution is 5.88. The Morgan fingerprint density at radius 3 is 2.33 bits per heavy atom. The molecule has 0 heterocycles. The van der Waals surface area contributed by atoms with Crippen molar-refractivity contribution in [3.8, 4) is 11.1 Å². The Morgan fingerprint density at radius 2 is 1.78 bits per heavy atom. The van der Waals surface area contributed by atoms with Crippen LogP contribution in [0.5, 0.6) is 0 Å². The number of carboxylic acid groups (broad SMARTS) is 1. The maximum Gasteiger partial charge on any atom is 0.338 e. The van der Waals surface area contributed by atoms with Gasteiger partial charge in [0.15, 0.2) is 0 Å². The van der Waals surface area contributed by atoms with Crippen LogP contribution in [0.3, 0.4) is 0 Å². The lowest BCUT2D eigenvalue weighted by Gasteiger charge is -2.05. The summed E-state index contributed by atoms with van der Waals surface area (Å²) >= 11 is 0. The Labute approximate surface area is 103 Å². The molecule has 0 saturated heterocycles. The van der Waals surface area contributed by atoms with Crippen LogP contribution in [0.25, 0.3) is 11.1 Å². The molecule has 0 aromatic heterocycles. The van der Waals surface area contributed by atoms with Gasteiger partial charge in [0.05, 0.1) is 5.56 Å². The van der Waals surface area contributed by atoms with Crippen molar-refractivity contribution < 1.29 is 18.7 Å². The van der Waals surface area contributed by atoms with Crippen LogP contribution in [0.15, 0.2) is 36.4 Å². The van der Waals surface area contributed by atoms with E-state index in [0.717, 1.165) is 6.07 Å². The standard InChI is InChI=1S/C14H10F2O2/c1-8-4-10(6-11(15)5-8)9-2-3-12(14(17)18)13(16)7-9/h2-7H,1H3,(H,17,18). The van der Waals surface area contributed by atoms with Crippen LogP contribution in [0, 0.1) is 18.6 Å². The first-order valence-electron chi connectivity index (χ1n) is 5.28. The van der Waals surface area contributed by atoms with Crippen molar-refractivity contribution in [1.82, 2.24) is 0 Å². The fourth-order valence-electron chi connectivity index (χ4n) is 1.77. The van der Waals surface area contributed by atoms with Crippen molar-refractivity contribution in [2.24, 2.45) is 0 Å². The SMILES string of the molecule is Cc1cc(F)cc(-c2ccc(C(=O)O)c(F)c2)c1. The van der Waals surface area contributed by atoms with Crippen molar-refractivity contribution in [3.63, 3.8) is 0 Å². The van der Waals surface area contributed by atoms with Crippen molar-refractivity contribution in [2.75, 3.05) is 0 Å². The van der Waals surface area contributed by atoms with Gasteiger partial charge in [-0.2, -0.15) is 0 Å². The van der Waals surface area contributed by atoms with Crippen LogP contribution in [0.1, 0.15) is 15.9 Å². The second-order valence-electron chi connectivity index (χ2n) is 4.02. The van der Waals surface area contributed by atoms with Gasteiger partial charge in [-0.15, -0.1) is 0 Å². The minimum Gasteiger partial charge on any atom is -0.478 e. The molecule has 0 radical (unpaired) electrons. The van der Waals surface area contributed by atoms with Crippen LogP contribution >= 0.6 is 0 Å². The lowest BCUT2D eigenvalue weighted by Crippen LogP contribution is -2.00. The summed E-state index contributed by atoms with van der Waals surface area (Å²) in [6, 6.07) is 8.08. The van der Waals surface area contributed by atoms with Gasteiger partial charge in [-0.1, -0.05) is 12.1 Å². The summed E-state index contributed by atoms with van der Waals surface area (Å²) in [6.45, 7) is 1.73. The van der Waals surface area contributed by atoms with Crippen LogP contribution in [-0.4, -0.2) is 11.1 Å². The number of aromatic carboxylic acids is 1. The number of carbonyl (C=O) groups is 1. The summed E-state index contributed by atoms with van der Waals surface area (Å²) in [7, 11) is 0. The normalized spacial score (nSPS) is 10.4. The zero-order chi connectivity index (χ0) is 13.3. The van der Waals surface area contributed by atoms with Crippen molar-refractivity contribution in [2.45, 2.75) is 6.92 Å². The van der Waals surface area contributed by atoms with Gasteiger partial charge < -0.3 is 5.11 Å². The third kappa shape index (κ3) is 2.37. The van der Waals surface area contributed by atoms with E-state index in [-0.39, 0.29) is 0 Å². The molecule has 2 nitrogen and oxygen atoms in total. The summed E-state index contributed by atoms with van der Waals surface area (Å²) in [4.78, 5) is 10.7. The Kier molecular flexibility index (Phi) is 3.10. The molecular formula is C14H10F2O2. The first kappa shape index (κ1) is 12.2. The molecule has 92 valence electrons. The first-order chi connectivity index (χ1) is 8.47. The third-order valence-corrected chi connectivity index (χ3v) is 2.57. The number of benzene rings is 2. The Morgan fingerprint density at radius 1 is 1.06 bits per heavy atom. The molecule has 0 aliphatic heterocycles. The number of hydrogen-bond donors (Lipinski definition) is 1. The van der Waals surface area contributed by atoms with Gasteiger partial charge in [0.1, 0.15) is 11.6 Å². The van der Waals surface area contributed by atoms with Gasteiger partial charge in [-0.3, -0.25) is 0 Å². The predicted octanol–water partition coefficient (Wildman–Crippen LogP) is 3.64. The molecule has 0 fully saturated rings. The van der Waals surface area contributed by atoms with Crippen LogP contribution < -0.4 is 0 Å². The van der Waals surface area contributed by atoms with Crippen molar-refractivity contribution in [3.05, 3.63) is 59.2 Å². The molecule has 0 aliphatic rings. The number of aryl methyl sites for hydroxylation is 1. The van der Waals surface area contributed by atoms with Crippen LogP contribution in [0.2, 0.25) is 0 Å². The highest BCUT2D eigenvalue weighted by Gasteiger charge is 2.11. The van der Waals surface area contributed by atoms with Gasteiger partial charge in [-0.25, -0.2) is 13.6 Å². The summed E-state index contributed by atoms with van der Waals surface area (Å²) < 4.78 is 26.7. The van der Waals surface area contributed by atoms with E-state index in [1.165, 1.54) is 24.3 Å². The quantitative estimate of drug-likeness (QED) is 0.880. The molecule has 2 aromatic rings. The molecule has 18 heavy (non-hydrogen) atoms. The summed E-state index contributed by atoms with van der Waals surface area (Å²) in [6.07, 6.45) is 0. The van der Waals surface area contributed by atoms with Gasteiger partial charge in [-0.05, 0) is 47.9 Å². The molecule has 1 N–H and O–H groups in total. The fourth-order valence-corrected chi connectivity index (χ4v) is 1.77. The van der Waals surface area contributed by atoms with Gasteiger partial charge in [0.2, 0.25) is 0 Å². The van der Waals surface area contributed by atoms with E-state index < -0.39 is 23.2 Å². The first-order valence-corrected chi connectivity index (χ1v) is 5.28. The summed E-state index contributed by atoms with van der Waals surface area (Å²) in [5.41, 5.74) is 1.28. The summed E-state index contributed by atoms with van der Waals surface area (Å²) in [5, 5.41) is 8.72. The molecule has 0 amide bonds. The summed E-state index contributed by atoms with van der Waals surface area (Å²) in [5.74, 6) is -2.57. The van der Waals surface area contributed by atoms with E-state index in [0.29, 0.717) is 16.7 Å². The average molecular weight is 248 g/mol. The van der Waals surface area contributed by atoms with Crippen LogP contribution in [0.4, 0.5) is 8.78 Å². The number of rotatable bonds is 2. The number of hydrogen-bond acceptors (Lipinski definition) is 1. The maximum atomic E-state index is 13.5. The van der Waals surface area contributed by atoms with Gasteiger partial charge in [0, 0.05) is 0 Å². The molecule has 2 rings (SSSR count). The molecule has 4 heteroatoms.